The monoisotopic (exact) mass is 398 g/mol. The Morgan fingerprint density at radius 1 is 0.897 bits per heavy atom. The fourth-order valence-electron chi connectivity index (χ4n) is 3.87. The van der Waals surface area contributed by atoms with Crippen LogP contribution in [-0.2, 0) is 18.4 Å². The predicted octanol–water partition coefficient (Wildman–Crippen LogP) is 5.57. The molecule has 0 spiro atoms. The Morgan fingerprint density at radius 3 is 2.48 bits per heavy atom. The Bertz CT molecular complexity index is 1310. The van der Waals surface area contributed by atoms with Crippen molar-refractivity contribution in [2.75, 3.05) is 0 Å². The highest BCUT2D eigenvalue weighted by atomic mass is 32.2. The molecule has 4 aromatic rings. The van der Waals surface area contributed by atoms with Gasteiger partial charge in [0.1, 0.15) is 0 Å². The zero-order valence-electron chi connectivity index (χ0n) is 15.8. The molecule has 0 bridgehead atoms. The quantitative estimate of drug-likeness (QED) is 0.424. The molecule has 1 saturated heterocycles. The van der Waals surface area contributed by atoms with Gasteiger partial charge >= 0.3 is 0 Å². The van der Waals surface area contributed by atoms with E-state index >= 15 is 0 Å². The van der Waals surface area contributed by atoms with E-state index in [4.69, 9.17) is 0 Å². The Labute approximate surface area is 172 Å². The number of aryl methyl sites for hydroxylation is 1. The summed E-state index contributed by atoms with van der Waals surface area (Å²) in [6.07, 6.45) is 3.82. The minimum atomic E-state index is -0.235. The van der Waals surface area contributed by atoms with E-state index in [2.05, 4.69) is 0 Å². The van der Waals surface area contributed by atoms with E-state index in [-0.39, 0.29) is 17.7 Å². The van der Waals surface area contributed by atoms with Crippen molar-refractivity contribution in [1.82, 2.24) is 9.47 Å². The zero-order valence-corrected chi connectivity index (χ0v) is 16.6. The number of carbonyl (C=O) groups is 2. The molecular weight excluding hydrogens is 380 g/mol. The summed E-state index contributed by atoms with van der Waals surface area (Å²) in [6, 6.07) is 22.0. The van der Waals surface area contributed by atoms with Crippen molar-refractivity contribution in [3.8, 4) is 0 Å². The average molecular weight is 398 g/mol. The number of fused-ring (bicyclic) bond motifs is 2. The number of para-hydroxylation sites is 1. The summed E-state index contributed by atoms with van der Waals surface area (Å²) < 4.78 is 2.03. The molecule has 2 amide bonds. The van der Waals surface area contributed by atoms with Crippen LogP contribution in [0.1, 0.15) is 11.1 Å². The molecule has 2 heterocycles. The number of nitrogens with zero attached hydrogens (tertiary/aromatic N) is 2. The Balaban J connectivity index is 1.49. The highest BCUT2D eigenvalue weighted by Crippen LogP contribution is 2.35. The van der Waals surface area contributed by atoms with E-state index in [1.807, 2.05) is 90.6 Å². The van der Waals surface area contributed by atoms with Crippen molar-refractivity contribution in [1.29, 1.82) is 0 Å². The molecule has 0 atom stereocenters. The zero-order chi connectivity index (χ0) is 20.0. The van der Waals surface area contributed by atoms with Crippen LogP contribution < -0.4 is 0 Å². The number of rotatable bonds is 3. The summed E-state index contributed by atoms with van der Waals surface area (Å²) in [7, 11) is 1.98. The SMILES string of the molecule is Cn1cc(/C=C2\SC(=O)N(Cc3cccc4ccccc34)C2=O)c2ccccc21. The number of aromatic nitrogens is 1. The van der Waals surface area contributed by atoms with Crippen LogP contribution in [0.25, 0.3) is 27.8 Å². The molecule has 4 nitrogen and oxygen atoms in total. The number of hydrogen-bond donors (Lipinski definition) is 0. The first-order valence-corrected chi connectivity index (χ1v) is 10.2. The lowest BCUT2D eigenvalue weighted by Gasteiger charge is -2.14. The van der Waals surface area contributed by atoms with Crippen LogP contribution in [0.2, 0.25) is 0 Å². The standard InChI is InChI=1S/C24H18N2O2S/c1-25-14-18(20-11-4-5-12-21(20)25)13-22-23(27)26(24(28)29-22)15-17-9-6-8-16-7-2-3-10-19(16)17/h2-14H,15H2,1H3/b22-13-. The lowest BCUT2D eigenvalue weighted by atomic mass is 10.0. The smallest absolute Gasteiger partial charge is 0.293 e. The van der Waals surface area contributed by atoms with Gasteiger partial charge in [0.2, 0.25) is 0 Å². The maximum absolute atomic E-state index is 13.0. The molecule has 0 N–H and O–H groups in total. The molecule has 0 unspecified atom stereocenters. The minimum Gasteiger partial charge on any atom is -0.350 e. The van der Waals surface area contributed by atoms with Gasteiger partial charge in [-0.25, -0.2) is 0 Å². The molecule has 5 rings (SSSR count). The van der Waals surface area contributed by atoms with Gasteiger partial charge < -0.3 is 4.57 Å². The molecular formula is C24H18N2O2S. The summed E-state index contributed by atoms with van der Waals surface area (Å²) in [6.45, 7) is 0.277. The number of hydrogen-bond acceptors (Lipinski definition) is 3. The van der Waals surface area contributed by atoms with Crippen LogP contribution in [-0.4, -0.2) is 20.6 Å². The molecule has 1 aromatic heterocycles. The van der Waals surface area contributed by atoms with Crippen molar-refractivity contribution in [2.24, 2.45) is 7.05 Å². The minimum absolute atomic E-state index is 0.227. The van der Waals surface area contributed by atoms with E-state index in [1.165, 1.54) is 4.90 Å². The van der Waals surface area contributed by atoms with Crippen molar-refractivity contribution in [3.05, 3.63) is 89.0 Å². The molecule has 0 aliphatic carbocycles. The van der Waals surface area contributed by atoms with Crippen LogP contribution in [0.4, 0.5) is 4.79 Å². The van der Waals surface area contributed by atoms with Gasteiger partial charge in [-0.15, -0.1) is 0 Å². The molecule has 29 heavy (non-hydrogen) atoms. The van der Waals surface area contributed by atoms with E-state index in [0.29, 0.717) is 4.91 Å². The molecule has 3 aromatic carbocycles. The predicted molar refractivity (Wildman–Crippen MR) is 118 cm³/mol. The highest BCUT2D eigenvalue weighted by Gasteiger charge is 2.35. The fraction of sp³-hybridized carbons (Fsp3) is 0.0833. The summed E-state index contributed by atoms with van der Waals surface area (Å²) in [5.41, 5.74) is 3.00. The number of benzene rings is 3. The summed E-state index contributed by atoms with van der Waals surface area (Å²) in [5.74, 6) is -0.235. The highest BCUT2D eigenvalue weighted by molar-refractivity contribution is 8.18. The van der Waals surface area contributed by atoms with Gasteiger partial charge in [-0.05, 0) is 40.2 Å². The van der Waals surface area contributed by atoms with Gasteiger partial charge in [0, 0.05) is 29.7 Å². The van der Waals surface area contributed by atoms with Crippen molar-refractivity contribution < 1.29 is 9.59 Å². The lowest BCUT2D eigenvalue weighted by Crippen LogP contribution is -2.27. The summed E-state index contributed by atoms with van der Waals surface area (Å²) in [4.78, 5) is 27.4. The van der Waals surface area contributed by atoms with Crippen LogP contribution in [0.15, 0.2) is 77.8 Å². The molecule has 1 aliphatic rings. The van der Waals surface area contributed by atoms with E-state index in [0.717, 1.165) is 44.6 Å². The molecule has 0 radical (unpaired) electrons. The Kier molecular flexibility index (Phi) is 4.25. The third-order valence-corrected chi connectivity index (χ3v) is 6.20. The maximum Gasteiger partial charge on any atom is 0.293 e. The van der Waals surface area contributed by atoms with Crippen LogP contribution in [0.3, 0.4) is 0 Å². The average Bonchev–Trinajstić information content (AvgIpc) is 3.19. The normalized spacial score (nSPS) is 15.9. The van der Waals surface area contributed by atoms with Crippen LogP contribution in [0.5, 0.6) is 0 Å². The Hall–Kier alpha value is -3.31. The van der Waals surface area contributed by atoms with Gasteiger partial charge in [-0.3, -0.25) is 14.5 Å². The van der Waals surface area contributed by atoms with Gasteiger partial charge in [-0.1, -0.05) is 60.7 Å². The first-order chi connectivity index (χ1) is 14.1. The third kappa shape index (κ3) is 3.04. The number of imide groups is 1. The molecule has 5 heteroatoms. The second-order valence-electron chi connectivity index (χ2n) is 7.12. The fourth-order valence-corrected chi connectivity index (χ4v) is 4.70. The van der Waals surface area contributed by atoms with Gasteiger partial charge in [-0.2, -0.15) is 0 Å². The van der Waals surface area contributed by atoms with Gasteiger partial charge in [0.15, 0.2) is 0 Å². The first kappa shape index (κ1) is 17.8. The number of carbonyl (C=O) groups excluding carboxylic acids is 2. The van der Waals surface area contributed by atoms with E-state index < -0.39 is 0 Å². The topological polar surface area (TPSA) is 42.3 Å². The van der Waals surface area contributed by atoms with Gasteiger partial charge in [0.25, 0.3) is 11.1 Å². The summed E-state index contributed by atoms with van der Waals surface area (Å²) >= 11 is 1.01. The molecule has 0 saturated carbocycles. The number of thioether (sulfide) groups is 1. The van der Waals surface area contributed by atoms with Crippen LogP contribution >= 0.6 is 11.8 Å². The van der Waals surface area contributed by atoms with Gasteiger partial charge in [0.05, 0.1) is 11.4 Å². The second kappa shape index (κ2) is 6.94. The van der Waals surface area contributed by atoms with Crippen molar-refractivity contribution in [2.45, 2.75) is 6.54 Å². The molecule has 1 fully saturated rings. The third-order valence-electron chi connectivity index (χ3n) is 5.30. The molecule has 142 valence electrons. The van der Waals surface area contributed by atoms with E-state index in [1.54, 1.807) is 0 Å². The Morgan fingerprint density at radius 2 is 1.62 bits per heavy atom. The lowest BCUT2D eigenvalue weighted by molar-refractivity contribution is -0.123. The van der Waals surface area contributed by atoms with Crippen molar-refractivity contribution in [3.63, 3.8) is 0 Å². The van der Waals surface area contributed by atoms with E-state index in [9.17, 15) is 9.59 Å². The maximum atomic E-state index is 13.0. The van der Waals surface area contributed by atoms with Crippen molar-refractivity contribution >= 4 is 50.7 Å². The second-order valence-corrected chi connectivity index (χ2v) is 8.11. The van der Waals surface area contributed by atoms with Crippen LogP contribution in [0, 0.1) is 0 Å². The first-order valence-electron chi connectivity index (χ1n) is 9.38. The summed E-state index contributed by atoms with van der Waals surface area (Å²) in [5, 5.41) is 3.00. The largest absolute Gasteiger partial charge is 0.350 e. The number of amides is 2. The molecule has 1 aliphatic heterocycles.